The highest BCUT2D eigenvalue weighted by Crippen LogP contribution is 2.31. The largest absolute Gasteiger partial charge is 0.191 e. The van der Waals surface area contributed by atoms with Crippen LogP contribution in [0.25, 0.3) is 17.0 Å². The van der Waals surface area contributed by atoms with Crippen LogP contribution in [0.15, 0.2) is 27.1 Å². The van der Waals surface area contributed by atoms with Gasteiger partial charge in [-0.1, -0.05) is 27.5 Å². The van der Waals surface area contributed by atoms with E-state index in [-0.39, 0.29) is 0 Å². The van der Waals surface area contributed by atoms with E-state index in [4.69, 9.17) is 11.6 Å². The third-order valence-corrected chi connectivity index (χ3v) is 4.72. The summed E-state index contributed by atoms with van der Waals surface area (Å²) < 4.78 is 3.58. The maximum atomic E-state index is 6.17. The predicted octanol–water partition coefficient (Wildman–Crippen LogP) is 4.59. The topological polar surface area (TPSA) is 43.1 Å². The molecule has 0 amide bonds. The van der Waals surface area contributed by atoms with E-state index in [0.29, 0.717) is 11.0 Å². The number of aromatic nitrogens is 4. The van der Waals surface area contributed by atoms with E-state index in [9.17, 15) is 0 Å². The quantitative estimate of drug-likeness (QED) is 0.583. The van der Waals surface area contributed by atoms with Crippen LogP contribution in [0.1, 0.15) is 11.1 Å². The Kier molecular flexibility index (Phi) is 3.56. The second-order valence-electron chi connectivity index (χ2n) is 4.42. The molecule has 2 heterocycles. The van der Waals surface area contributed by atoms with Crippen molar-refractivity contribution in [2.45, 2.75) is 13.8 Å². The van der Waals surface area contributed by atoms with Gasteiger partial charge in [0.25, 0.3) is 0 Å². The average molecular weight is 417 g/mol. The Labute approximate surface area is 137 Å². The van der Waals surface area contributed by atoms with E-state index >= 15 is 0 Å². The maximum absolute atomic E-state index is 6.17. The minimum atomic E-state index is 0.462. The fourth-order valence-electron chi connectivity index (χ4n) is 1.93. The molecule has 2 aromatic heterocycles. The highest BCUT2D eigenvalue weighted by molar-refractivity contribution is 9.11. The number of hydrogen-bond acceptors (Lipinski definition) is 3. The van der Waals surface area contributed by atoms with Crippen molar-refractivity contribution < 1.29 is 0 Å². The predicted molar refractivity (Wildman–Crippen MR) is 86.1 cm³/mol. The first-order valence-corrected chi connectivity index (χ1v) is 7.79. The first-order chi connectivity index (χ1) is 9.49. The number of halogens is 3. The van der Waals surface area contributed by atoms with Crippen LogP contribution >= 0.6 is 43.5 Å². The van der Waals surface area contributed by atoms with Crippen LogP contribution < -0.4 is 0 Å². The van der Waals surface area contributed by atoms with Gasteiger partial charge in [-0.25, -0.2) is 0 Å². The summed E-state index contributed by atoms with van der Waals surface area (Å²) in [6, 6.07) is 5.86. The van der Waals surface area contributed by atoms with Gasteiger partial charge in [0, 0.05) is 20.1 Å². The third kappa shape index (κ3) is 2.16. The fourth-order valence-corrected chi connectivity index (χ4v) is 3.37. The molecule has 20 heavy (non-hydrogen) atoms. The highest BCUT2D eigenvalue weighted by Gasteiger charge is 2.16. The SMILES string of the molecule is Cc1c(Cl)nn2c(-c3ccc(Br)cc3Br)nnc2c1C. The molecule has 1 aromatic carbocycles. The van der Waals surface area contributed by atoms with Crippen LogP contribution in [0.5, 0.6) is 0 Å². The monoisotopic (exact) mass is 414 g/mol. The molecule has 4 nitrogen and oxygen atoms in total. The van der Waals surface area contributed by atoms with Crippen LogP contribution in [0.3, 0.4) is 0 Å². The molecule has 102 valence electrons. The van der Waals surface area contributed by atoms with E-state index < -0.39 is 0 Å². The summed E-state index contributed by atoms with van der Waals surface area (Å²) in [5.74, 6) is 0.657. The molecule has 0 spiro atoms. The van der Waals surface area contributed by atoms with Gasteiger partial charge in [0.15, 0.2) is 16.6 Å². The van der Waals surface area contributed by atoms with Gasteiger partial charge in [0.2, 0.25) is 0 Å². The molecule has 7 heteroatoms. The molecule has 0 unspecified atom stereocenters. The van der Waals surface area contributed by atoms with Crippen LogP contribution in [-0.2, 0) is 0 Å². The van der Waals surface area contributed by atoms with Crippen LogP contribution in [0, 0.1) is 13.8 Å². The second-order valence-corrected chi connectivity index (χ2v) is 6.55. The van der Waals surface area contributed by atoms with Crippen molar-refractivity contribution in [3.8, 4) is 11.4 Å². The molecular formula is C13H9Br2ClN4. The zero-order chi connectivity index (χ0) is 14.4. The van der Waals surface area contributed by atoms with Gasteiger partial charge in [-0.3, -0.25) is 0 Å². The average Bonchev–Trinajstić information content (AvgIpc) is 2.80. The smallest absolute Gasteiger partial charge is 0.186 e. The molecule has 3 rings (SSSR count). The number of aryl methyl sites for hydroxylation is 1. The molecule has 0 aliphatic heterocycles. The minimum Gasteiger partial charge on any atom is -0.191 e. The van der Waals surface area contributed by atoms with Crippen LogP contribution in [-0.4, -0.2) is 19.8 Å². The lowest BCUT2D eigenvalue weighted by Gasteiger charge is -2.06. The highest BCUT2D eigenvalue weighted by atomic mass is 79.9. The normalized spacial score (nSPS) is 11.2. The molecule has 0 saturated heterocycles. The zero-order valence-electron chi connectivity index (χ0n) is 10.7. The van der Waals surface area contributed by atoms with E-state index in [1.165, 1.54) is 0 Å². The fraction of sp³-hybridized carbons (Fsp3) is 0.154. The van der Waals surface area contributed by atoms with Crippen molar-refractivity contribution >= 4 is 49.1 Å². The molecule has 0 aliphatic carbocycles. The summed E-state index contributed by atoms with van der Waals surface area (Å²) in [5.41, 5.74) is 3.54. The van der Waals surface area contributed by atoms with Gasteiger partial charge in [-0.2, -0.15) is 9.61 Å². The van der Waals surface area contributed by atoms with Gasteiger partial charge in [0.1, 0.15) is 0 Å². The van der Waals surface area contributed by atoms with Gasteiger partial charge < -0.3 is 0 Å². The summed E-state index contributed by atoms with van der Waals surface area (Å²) >= 11 is 13.1. The van der Waals surface area contributed by atoms with Crippen molar-refractivity contribution in [1.82, 2.24) is 19.8 Å². The number of hydrogen-bond donors (Lipinski definition) is 0. The molecule has 0 N–H and O–H groups in total. The molecule has 3 aromatic rings. The number of benzene rings is 1. The third-order valence-electron chi connectivity index (χ3n) is 3.21. The zero-order valence-corrected chi connectivity index (χ0v) is 14.6. The van der Waals surface area contributed by atoms with E-state index in [0.717, 1.165) is 31.3 Å². The van der Waals surface area contributed by atoms with Gasteiger partial charge in [0.05, 0.1) is 0 Å². The molecule has 0 bridgehead atoms. The Hall–Kier alpha value is -0.980. The summed E-state index contributed by atoms with van der Waals surface area (Å²) in [6.45, 7) is 3.89. The molecule has 0 fully saturated rings. The van der Waals surface area contributed by atoms with E-state index in [1.54, 1.807) is 4.52 Å². The second kappa shape index (κ2) is 5.09. The van der Waals surface area contributed by atoms with Crippen LogP contribution in [0.2, 0.25) is 5.15 Å². The number of rotatable bonds is 1. The molecule has 0 aliphatic rings. The van der Waals surface area contributed by atoms with Crippen molar-refractivity contribution in [3.05, 3.63) is 43.4 Å². The Bertz CT molecular complexity index is 829. The summed E-state index contributed by atoms with van der Waals surface area (Å²) in [5, 5.41) is 13.3. The number of fused-ring (bicyclic) bond motifs is 1. The van der Waals surface area contributed by atoms with E-state index in [1.807, 2.05) is 32.0 Å². The summed E-state index contributed by atoms with van der Waals surface area (Å²) in [7, 11) is 0. The summed E-state index contributed by atoms with van der Waals surface area (Å²) in [4.78, 5) is 0. The first-order valence-electron chi connectivity index (χ1n) is 5.82. The summed E-state index contributed by atoms with van der Waals surface area (Å²) in [6.07, 6.45) is 0. The molecule has 0 atom stereocenters. The maximum Gasteiger partial charge on any atom is 0.186 e. The van der Waals surface area contributed by atoms with Crippen molar-refractivity contribution in [2.75, 3.05) is 0 Å². The van der Waals surface area contributed by atoms with Gasteiger partial charge >= 0.3 is 0 Å². The van der Waals surface area contributed by atoms with Crippen molar-refractivity contribution in [3.63, 3.8) is 0 Å². The molecule has 0 saturated carbocycles. The Morgan fingerprint density at radius 3 is 2.55 bits per heavy atom. The van der Waals surface area contributed by atoms with Crippen LogP contribution in [0.4, 0.5) is 0 Å². The van der Waals surface area contributed by atoms with E-state index in [2.05, 4.69) is 47.2 Å². The first kappa shape index (κ1) is 14.0. The lowest BCUT2D eigenvalue weighted by atomic mass is 10.2. The Morgan fingerprint density at radius 2 is 1.85 bits per heavy atom. The Balaban J connectivity index is 2.33. The van der Waals surface area contributed by atoms with Crippen molar-refractivity contribution in [2.24, 2.45) is 0 Å². The van der Waals surface area contributed by atoms with Gasteiger partial charge in [-0.15, -0.1) is 10.2 Å². The molecular weight excluding hydrogens is 407 g/mol. The molecule has 0 radical (unpaired) electrons. The lowest BCUT2D eigenvalue weighted by molar-refractivity contribution is 0.918. The minimum absolute atomic E-state index is 0.462. The number of nitrogens with zero attached hydrogens (tertiary/aromatic N) is 4. The van der Waals surface area contributed by atoms with Crippen molar-refractivity contribution in [1.29, 1.82) is 0 Å². The van der Waals surface area contributed by atoms with Gasteiger partial charge in [-0.05, 0) is 53.5 Å². The lowest BCUT2D eigenvalue weighted by Crippen LogP contribution is -2.00. The Morgan fingerprint density at radius 1 is 1.10 bits per heavy atom. The standard InChI is InChI=1S/C13H9Br2ClN4/c1-6-7(2)12-17-18-13(20(12)19-11(6)16)9-4-3-8(14)5-10(9)15/h3-5H,1-2H3.